The van der Waals surface area contributed by atoms with E-state index >= 15 is 0 Å². The second kappa shape index (κ2) is 16.8. The molecule has 0 bridgehead atoms. The smallest absolute Gasteiger partial charge is 0.136 e. The summed E-state index contributed by atoms with van der Waals surface area (Å²) in [6, 6.07) is 76.7. The van der Waals surface area contributed by atoms with Gasteiger partial charge in [-0.05, 0) is 243 Å². The Balaban J connectivity index is 0.736. The summed E-state index contributed by atoms with van der Waals surface area (Å²) in [5, 5.41) is 7.19. The molecular weight excluding hydrogens is 1140 g/mol. The van der Waals surface area contributed by atoms with E-state index in [0.717, 1.165) is 50.6 Å². The molecule has 0 fully saturated rings. The van der Waals surface area contributed by atoms with Gasteiger partial charge >= 0.3 is 0 Å². The number of anilines is 3. The summed E-state index contributed by atoms with van der Waals surface area (Å²) in [6.45, 7) is 29.2. The summed E-state index contributed by atoms with van der Waals surface area (Å²) >= 11 is 0. The van der Waals surface area contributed by atoms with Gasteiger partial charge in [-0.2, -0.15) is 0 Å². The van der Waals surface area contributed by atoms with Crippen LogP contribution in [0.15, 0.2) is 213 Å². The molecule has 3 heterocycles. The minimum atomic E-state index is -0.313. The molecule has 6 aliphatic rings. The molecule has 3 aromatic heterocycles. The van der Waals surface area contributed by atoms with Gasteiger partial charge in [-0.1, -0.05) is 174 Å². The van der Waals surface area contributed by atoms with E-state index in [0.29, 0.717) is 0 Å². The first-order valence-electron chi connectivity index (χ1n) is 33.8. The summed E-state index contributed by atoms with van der Waals surface area (Å²) in [5.74, 6) is 0. The first kappa shape index (κ1) is 53.4. The molecule has 0 spiro atoms. The number of benzene rings is 12. The van der Waals surface area contributed by atoms with Gasteiger partial charge in [0.2, 0.25) is 0 Å². The fourth-order valence-electron chi connectivity index (χ4n) is 19.6. The number of rotatable bonds is 3. The van der Waals surface area contributed by atoms with Crippen LogP contribution in [0.3, 0.4) is 0 Å². The fourth-order valence-corrected chi connectivity index (χ4v) is 19.6. The van der Waals surface area contributed by atoms with Gasteiger partial charge in [-0.3, -0.25) is 0 Å². The van der Waals surface area contributed by atoms with Crippen molar-refractivity contribution >= 4 is 82.9 Å². The molecule has 21 rings (SSSR count). The highest BCUT2D eigenvalue weighted by atomic mass is 16.3. The molecule has 0 radical (unpaired) electrons. The Morgan fingerprint density at radius 2 is 0.457 bits per heavy atom. The number of hydrogen-bond donors (Lipinski definition) is 0. The molecule has 0 atom stereocenters. The van der Waals surface area contributed by atoms with Crippen molar-refractivity contribution < 1.29 is 13.3 Å². The Morgan fingerprint density at radius 1 is 0.213 bits per heavy atom. The first-order chi connectivity index (χ1) is 45.1. The summed E-state index contributed by atoms with van der Waals surface area (Å²) in [5.41, 5.74) is 39.7. The highest BCUT2D eigenvalue weighted by Gasteiger charge is 2.48. The number of para-hydroxylation sites is 3. The van der Waals surface area contributed by atoms with Crippen molar-refractivity contribution in [2.45, 2.75) is 116 Å². The third-order valence-electron chi connectivity index (χ3n) is 24.6. The molecule has 0 N–H and O–H groups in total. The lowest BCUT2D eigenvalue weighted by Crippen LogP contribution is -2.19. The monoisotopic (exact) mass is 1210 g/mol. The normalized spacial score (nSPS) is 17.2. The largest absolute Gasteiger partial charge is 0.456 e. The summed E-state index contributed by atoms with van der Waals surface area (Å²) < 4.78 is 19.7. The zero-order chi connectivity index (χ0) is 63.5. The van der Waals surface area contributed by atoms with Crippen LogP contribution in [0.4, 0.5) is 17.1 Å². The van der Waals surface area contributed by atoms with Crippen molar-refractivity contribution in [3.05, 3.63) is 267 Å². The molecule has 0 aliphatic heterocycles. The Morgan fingerprint density at radius 3 is 0.755 bits per heavy atom. The van der Waals surface area contributed by atoms with Crippen LogP contribution in [0.2, 0.25) is 0 Å². The number of furan rings is 3. The highest BCUT2D eigenvalue weighted by Crippen LogP contribution is 2.64. The lowest BCUT2D eigenvalue weighted by molar-refractivity contribution is 0.650. The molecule has 94 heavy (non-hydrogen) atoms. The maximum atomic E-state index is 6.56. The minimum absolute atomic E-state index is 0.206. The Bertz CT molecular complexity index is 5520. The average molecular weight is 1210 g/mol. The maximum absolute atomic E-state index is 6.56. The van der Waals surface area contributed by atoms with Gasteiger partial charge in [0.1, 0.15) is 33.5 Å². The number of nitrogens with zero attached hydrogens (tertiary/aromatic N) is 1. The highest BCUT2D eigenvalue weighted by molar-refractivity contribution is 6.18. The predicted molar refractivity (Wildman–Crippen MR) is 388 cm³/mol. The average Bonchev–Trinajstić information content (AvgIpc) is 1.54. The van der Waals surface area contributed by atoms with Crippen molar-refractivity contribution in [2.24, 2.45) is 0 Å². The van der Waals surface area contributed by atoms with Crippen LogP contribution in [0.1, 0.15) is 150 Å². The van der Waals surface area contributed by atoms with Crippen molar-refractivity contribution in [3.63, 3.8) is 0 Å². The third kappa shape index (κ3) is 6.24. The lowest BCUT2D eigenvalue weighted by Gasteiger charge is -2.31. The van der Waals surface area contributed by atoms with Crippen LogP contribution < -0.4 is 4.90 Å². The van der Waals surface area contributed by atoms with Gasteiger partial charge in [0, 0.05) is 81.9 Å². The molecular formula is C90H69NO3. The second-order valence-corrected chi connectivity index (χ2v) is 31.5. The molecule has 4 heteroatoms. The molecule has 4 nitrogen and oxygen atoms in total. The molecule has 12 aromatic carbocycles. The lowest BCUT2D eigenvalue weighted by atomic mass is 9.79. The van der Waals surface area contributed by atoms with Crippen molar-refractivity contribution in [1.29, 1.82) is 0 Å². The third-order valence-corrected chi connectivity index (χ3v) is 24.6. The Hall–Kier alpha value is -10.2. The van der Waals surface area contributed by atoms with E-state index in [-0.39, 0.29) is 32.5 Å². The van der Waals surface area contributed by atoms with Gasteiger partial charge in [0.25, 0.3) is 0 Å². The quantitative estimate of drug-likeness (QED) is 0.177. The van der Waals surface area contributed by atoms with Gasteiger partial charge in [0.05, 0.1) is 0 Å². The SMILES string of the molecule is CC1(C)c2cc(N(c3ccc4c(c3)C(C)(C)c3cc5c(cc3-4)C(C)(C)c3ccc4oc6ccccc6c4c3-5)c3ccc4c(c3)C(C)(C)c3cc5c(cc3-4)C(C)(C)c3ccc4oc6ccccc6c4c3-5)ccc2-c2cc3c(cc21)-c1c(ccc2oc4ccccc4c12)C3(C)C. The molecule has 6 aliphatic carbocycles. The van der Waals surface area contributed by atoms with E-state index in [1.165, 1.54) is 166 Å². The summed E-state index contributed by atoms with van der Waals surface area (Å²) in [7, 11) is 0. The van der Waals surface area contributed by atoms with Crippen LogP contribution in [-0.2, 0) is 32.5 Å². The van der Waals surface area contributed by atoms with Crippen LogP contribution >= 0.6 is 0 Å². The standard InChI is InChI=1S/C90H69NO3/c1-85(2)61-31-34-76-82(52-19-13-16-22-73(52)92-76)79(61)58-43-67-55(40-70(58)85)49-28-25-46(37-64(49)88(67,7)8)91(47-26-29-50-56-41-71-59(44-68(56)89(9,10)65(50)38-47)80-62(86(71,3)4)32-35-77-83(80)53-20-14-17-23-74(53)93-77)48-27-30-51-57-42-72-60(45-69(57)90(11,12)66(51)39-48)81-63(87(72,5)6)33-36-78-84(81)54-21-15-18-24-75(54)94-78/h13-45H,1-12H3. The number of fused-ring (bicyclic) bond motifs is 30. The summed E-state index contributed by atoms with van der Waals surface area (Å²) in [6.07, 6.45) is 0. The first-order valence-corrected chi connectivity index (χ1v) is 33.8. The Labute approximate surface area is 547 Å². The van der Waals surface area contributed by atoms with Crippen LogP contribution in [0, 0.1) is 0 Å². The van der Waals surface area contributed by atoms with E-state index in [1.54, 1.807) is 0 Å². The molecule has 15 aromatic rings. The van der Waals surface area contributed by atoms with Crippen LogP contribution in [0.25, 0.3) is 133 Å². The van der Waals surface area contributed by atoms with Crippen LogP contribution in [0.5, 0.6) is 0 Å². The maximum Gasteiger partial charge on any atom is 0.136 e. The van der Waals surface area contributed by atoms with Gasteiger partial charge in [-0.15, -0.1) is 0 Å². The van der Waals surface area contributed by atoms with Crippen molar-refractivity contribution in [1.82, 2.24) is 0 Å². The molecule has 0 saturated heterocycles. The molecule has 0 unspecified atom stereocenters. The second-order valence-electron chi connectivity index (χ2n) is 31.5. The fraction of sp³-hybridized carbons (Fsp3) is 0.200. The van der Waals surface area contributed by atoms with Crippen LogP contribution in [-0.4, -0.2) is 0 Å². The molecule has 452 valence electrons. The van der Waals surface area contributed by atoms with Crippen molar-refractivity contribution in [2.75, 3.05) is 4.90 Å². The van der Waals surface area contributed by atoms with Crippen molar-refractivity contribution in [3.8, 4) is 66.8 Å². The predicted octanol–water partition coefficient (Wildman–Crippen LogP) is 24.7. The minimum Gasteiger partial charge on any atom is -0.456 e. The topological polar surface area (TPSA) is 42.7 Å². The van der Waals surface area contributed by atoms with Gasteiger partial charge in [0.15, 0.2) is 0 Å². The molecule has 0 amide bonds. The van der Waals surface area contributed by atoms with E-state index in [1.807, 2.05) is 0 Å². The number of hydrogen-bond acceptors (Lipinski definition) is 4. The molecule has 0 saturated carbocycles. The van der Waals surface area contributed by atoms with E-state index < -0.39 is 0 Å². The zero-order valence-corrected chi connectivity index (χ0v) is 55.2. The van der Waals surface area contributed by atoms with E-state index in [2.05, 4.69) is 288 Å². The van der Waals surface area contributed by atoms with E-state index in [9.17, 15) is 0 Å². The zero-order valence-electron chi connectivity index (χ0n) is 55.2. The van der Waals surface area contributed by atoms with E-state index in [4.69, 9.17) is 13.3 Å². The Kier molecular flexibility index (Phi) is 9.53. The summed E-state index contributed by atoms with van der Waals surface area (Å²) in [4.78, 5) is 2.58. The van der Waals surface area contributed by atoms with Gasteiger partial charge < -0.3 is 18.2 Å². The van der Waals surface area contributed by atoms with Gasteiger partial charge in [-0.25, -0.2) is 0 Å².